The molecule has 3 amide bonds. The average molecular weight is 403 g/mol. The van der Waals surface area contributed by atoms with E-state index < -0.39 is 47.9 Å². The minimum absolute atomic E-state index is 0.251. The second-order valence-electron chi connectivity index (χ2n) is 8.23. The Balaban J connectivity index is 4.51. The van der Waals surface area contributed by atoms with Crippen molar-refractivity contribution in [1.29, 1.82) is 0 Å². The quantitative estimate of drug-likeness (QED) is 0.430. The van der Waals surface area contributed by atoms with Crippen LogP contribution in [0.1, 0.15) is 60.8 Å². The molecule has 0 rings (SSSR count). The maximum absolute atomic E-state index is 12.1. The molecule has 10 heteroatoms. The number of unbranched alkanes of at least 4 members (excludes halogenated alkanes) is 1. The molecule has 0 fully saturated rings. The van der Waals surface area contributed by atoms with Crippen LogP contribution in [0.15, 0.2) is 0 Å². The number of aliphatic carboxylic acids is 1. The number of carboxylic acid groups (broad SMARTS) is 1. The van der Waals surface area contributed by atoms with E-state index in [1.54, 1.807) is 41.5 Å². The van der Waals surface area contributed by atoms with Crippen molar-refractivity contribution in [3.8, 4) is 0 Å². The molecule has 0 aliphatic carbocycles. The van der Waals surface area contributed by atoms with Gasteiger partial charge in [-0.25, -0.2) is 9.59 Å². The largest absolute Gasteiger partial charge is 0.480 e. The van der Waals surface area contributed by atoms with Crippen molar-refractivity contribution in [2.45, 2.75) is 78.0 Å². The Kier molecular flexibility index (Phi) is 10.3. The Labute approximate surface area is 165 Å². The smallest absolute Gasteiger partial charge is 0.408 e. The van der Waals surface area contributed by atoms with Crippen LogP contribution >= 0.6 is 0 Å². The summed E-state index contributed by atoms with van der Waals surface area (Å²) in [6.07, 6.45) is -0.0138. The zero-order valence-corrected chi connectivity index (χ0v) is 17.5. The van der Waals surface area contributed by atoms with Crippen molar-refractivity contribution >= 4 is 24.1 Å². The van der Waals surface area contributed by atoms with Gasteiger partial charge in [-0.05, 0) is 60.8 Å². The third-order valence-corrected chi connectivity index (χ3v) is 3.01. The highest BCUT2D eigenvalue weighted by Gasteiger charge is 2.24. The Bertz CT molecular complexity index is 550. The number of hydrogen-bond acceptors (Lipinski definition) is 6. The van der Waals surface area contributed by atoms with Crippen LogP contribution in [0.2, 0.25) is 0 Å². The summed E-state index contributed by atoms with van der Waals surface area (Å²) in [5.41, 5.74) is -1.32. The molecule has 0 saturated heterocycles. The molecule has 0 saturated carbocycles. The number of hydrogen-bond donors (Lipinski definition) is 4. The van der Waals surface area contributed by atoms with Gasteiger partial charge in [-0.2, -0.15) is 0 Å². The zero-order valence-electron chi connectivity index (χ0n) is 17.5. The number of carboxylic acids is 1. The van der Waals surface area contributed by atoms with E-state index in [1.165, 1.54) is 0 Å². The van der Waals surface area contributed by atoms with Gasteiger partial charge in [-0.15, -0.1) is 0 Å². The van der Waals surface area contributed by atoms with Gasteiger partial charge < -0.3 is 30.5 Å². The first-order chi connectivity index (χ1) is 12.7. The van der Waals surface area contributed by atoms with Gasteiger partial charge >= 0.3 is 18.2 Å². The van der Waals surface area contributed by atoms with Gasteiger partial charge in [0, 0.05) is 6.54 Å². The van der Waals surface area contributed by atoms with E-state index in [0.29, 0.717) is 19.4 Å². The van der Waals surface area contributed by atoms with Crippen molar-refractivity contribution in [3.05, 3.63) is 0 Å². The summed E-state index contributed by atoms with van der Waals surface area (Å²) < 4.78 is 10.2. The van der Waals surface area contributed by atoms with Gasteiger partial charge in [0.15, 0.2) is 0 Å². The lowest BCUT2D eigenvalue weighted by atomic mass is 10.1. The van der Waals surface area contributed by atoms with E-state index in [9.17, 15) is 19.2 Å². The van der Waals surface area contributed by atoms with Crippen LogP contribution in [0.5, 0.6) is 0 Å². The topological polar surface area (TPSA) is 143 Å². The molecule has 0 aliphatic heterocycles. The van der Waals surface area contributed by atoms with Gasteiger partial charge in [0.1, 0.15) is 23.8 Å². The Morgan fingerprint density at radius 1 is 0.857 bits per heavy atom. The fourth-order valence-electron chi connectivity index (χ4n) is 1.98. The molecule has 10 nitrogen and oxygen atoms in total. The van der Waals surface area contributed by atoms with Crippen LogP contribution in [0.4, 0.5) is 9.59 Å². The fourth-order valence-corrected chi connectivity index (χ4v) is 1.98. The summed E-state index contributed by atoms with van der Waals surface area (Å²) in [6.45, 7) is 10.1. The van der Waals surface area contributed by atoms with Gasteiger partial charge in [0.2, 0.25) is 5.91 Å². The highest BCUT2D eigenvalue weighted by Crippen LogP contribution is 2.09. The zero-order chi connectivity index (χ0) is 22.0. The van der Waals surface area contributed by atoms with Crippen molar-refractivity contribution in [2.75, 3.05) is 13.1 Å². The molecule has 162 valence electrons. The van der Waals surface area contributed by atoms with E-state index >= 15 is 0 Å². The Hall–Kier alpha value is -2.52. The molecular formula is C18H33N3O7. The first kappa shape index (κ1) is 25.5. The van der Waals surface area contributed by atoms with E-state index in [-0.39, 0.29) is 6.42 Å². The van der Waals surface area contributed by atoms with Crippen molar-refractivity contribution in [2.24, 2.45) is 0 Å². The number of alkyl carbamates (subject to hydrolysis) is 2. The van der Waals surface area contributed by atoms with E-state index in [0.717, 1.165) is 0 Å². The number of nitrogens with one attached hydrogen (secondary N) is 3. The molecule has 0 spiro atoms. The third kappa shape index (κ3) is 14.6. The monoisotopic (exact) mass is 403 g/mol. The summed E-state index contributed by atoms with van der Waals surface area (Å²) in [5.74, 6) is -1.81. The van der Waals surface area contributed by atoms with E-state index in [1.807, 2.05) is 0 Å². The molecule has 0 aromatic carbocycles. The predicted octanol–water partition coefficient (Wildman–Crippen LogP) is 1.78. The fraction of sp³-hybridized carbons (Fsp3) is 0.778. The molecule has 0 bridgehead atoms. The van der Waals surface area contributed by atoms with Crippen molar-refractivity contribution in [3.63, 3.8) is 0 Å². The summed E-state index contributed by atoms with van der Waals surface area (Å²) in [6, 6.07) is -0.948. The van der Waals surface area contributed by atoms with Crippen molar-refractivity contribution < 1.29 is 33.8 Å². The molecule has 28 heavy (non-hydrogen) atoms. The molecule has 0 aromatic rings. The summed E-state index contributed by atoms with van der Waals surface area (Å²) in [5, 5.41) is 16.0. The first-order valence-corrected chi connectivity index (χ1v) is 9.15. The molecule has 0 heterocycles. The molecule has 0 aromatic heterocycles. The Morgan fingerprint density at radius 3 is 1.89 bits per heavy atom. The number of carbonyl (C=O) groups is 4. The van der Waals surface area contributed by atoms with E-state index in [4.69, 9.17) is 14.6 Å². The molecule has 0 aliphatic rings. The standard InChI is InChI=1S/C18H33N3O7/c1-17(2,3)27-15(25)19-10-8-7-9-12(14(24)20-11-13(22)23)21-16(26)28-18(4,5)6/h12H,7-11H2,1-6H3,(H,19,25)(H,20,24)(H,21,26)(H,22,23). The third-order valence-electron chi connectivity index (χ3n) is 3.01. The van der Waals surface area contributed by atoms with Crippen LogP contribution < -0.4 is 16.0 Å². The molecule has 1 atom stereocenters. The number of carbonyl (C=O) groups excluding carboxylic acids is 3. The Morgan fingerprint density at radius 2 is 1.39 bits per heavy atom. The molecule has 1 unspecified atom stereocenters. The van der Waals surface area contributed by atoms with Gasteiger partial charge in [-0.3, -0.25) is 9.59 Å². The maximum Gasteiger partial charge on any atom is 0.408 e. The molecule has 0 radical (unpaired) electrons. The second-order valence-corrected chi connectivity index (χ2v) is 8.23. The molecular weight excluding hydrogens is 370 g/mol. The minimum atomic E-state index is -1.19. The van der Waals surface area contributed by atoms with Crippen LogP contribution in [-0.4, -0.2) is 59.5 Å². The lowest BCUT2D eigenvalue weighted by Crippen LogP contribution is -2.49. The number of rotatable bonds is 9. The van der Waals surface area contributed by atoms with Crippen LogP contribution in [0.25, 0.3) is 0 Å². The van der Waals surface area contributed by atoms with Gasteiger partial charge in [0.25, 0.3) is 0 Å². The lowest BCUT2D eigenvalue weighted by molar-refractivity contribution is -0.138. The van der Waals surface area contributed by atoms with E-state index in [2.05, 4.69) is 16.0 Å². The summed E-state index contributed by atoms with van der Waals surface area (Å²) in [4.78, 5) is 46.2. The normalized spacial score (nSPS) is 12.5. The highest BCUT2D eigenvalue weighted by atomic mass is 16.6. The SMILES string of the molecule is CC(C)(C)OC(=O)NCCCCC(NC(=O)OC(C)(C)C)C(=O)NCC(=O)O. The van der Waals surface area contributed by atoms with Crippen molar-refractivity contribution in [1.82, 2.24) is 16.0 Å². The van der Waals surface area contributed by atoms with Crippen LogP contribution in [-0.2, 0) is 19.1 Å². The van der Waals surface area contributed by atoms with Gasteiger partial charge in [0.05, 0.1) is 0 Å². The average Bonchev–Trinajstić information content (AvgIpc) is 2.47. The molecule has 4 N–H and O–H groups in total. The maximum atomic E-state index is 12.1. The summed E-state index contributed by atoms with van der Waals surface area (Å²) in [7, 11) is 0. The second kappa shape index (κ2) is 11.4. The first-order valence-electron chi connectivity index (χ1n) is 9.15. The van der Waals surface area contributed by atoms with Crippen LogP contribution in [0, 0.1) is 0 Å². The minimum Gasteiger partial charge on any atom is -0.480 e. The highest BCUT2D eigenvalue weighted by molar-refractivity contribution is 5.87. The predicted molar refractivity (Wildman–Crippen MR) is 102 cm³/mol. The lowest BCUT2D eigenvalue weighted by Gasteiger charge is -2.23. The summed E-state index contributed by atoms with van der Waals surface area (Å²) >= 11 is 0. The van der Waals surface area contributed by atoms with Gasteiger partial charge in [-0.1, -0.05) is 0 Å². The number of ether oxygens (including phenoxy) is 2. The number of amides is 3. The van der Waals surface area contributed by atoms with Crippen LogP contribution in [0.3, 0.4) is 0 Å².